The first-order valence-corrected chi connectivity index (χ1v) is 5.48. The van der Waals surface area contributed by atoms with Crippen molar-refractivity contribution in [2.75, 3.05) is 6.61 Å². The molecule has 0 spiro atoms. The number of rotatable bonds is 1. The molecule has 1 heterocycles. The van der Waals surface area contributed by atoms with E-state index < -0.39 is 0 Å². The summed E-state index contributed by atoms with van der Waals surface area (Å²) in [6.45, 7) is 4.91. The molecule has 2 rings (SSSR count). The maximum atomic E-state index is 9.05. The second-order valence-electron chi connectivity index (χ2n) is 4.26. The van der Waals surface area contributed by atoms with E-state index in [1.807, 2.05) is 24.3 Å². The van der Waals surface area contributed by atoms with E-state index in [0.29, 0.717) is 6.61 Å². The maximum Gasteiger partial charge on any atom is 0.0995 e. The zero-order valence-electron chi connectivity index (χ0n) is 9.66. The molecule has 0 amide bonds. The van der Waals surface area contributed by atoms with Crippen LogP contribution in [0.5, 0.6) is 0 Å². The minimum Gasteiger partial charge on any atom is -0.369 e. The van der Waals surface area contributed by atoms with Gasteiger partial charge in [0.1, 0.15) is 0 Å². The maximum absolute atomic E-state index is 9.05. The van der Waals surface area contributed by atoms with E-state index in [-0.39, 0.29) is 6.10 Å². The molecule has 0 radical (unpaired) electrons. The van der Waals surface area contributed by atoms with E-state index in [1.165, 1.54) is 11.1 Å². The van der Waals surface area contributed by atoms with Gasteiger partial charge in [-0.25, -0.2) is 0 Å². The van der Waals surface area contributed by atoms with Crippen molar-refractivity contribution in [1.82, 2.24) is 0 Å². The van der Waals surface area contributed by atoms with Gasteiger partial charge in [-0.3, -0.25) is 0 Å². The van der Waals surface area contributed by atoms with Crippen LogP contribution in [0.3, 0.4) is 0 Å². The summed E-state index contributed by atoms with van der Waals surface area (Å²) in [4.78, 5) is 0. The summed E-state index contributed by atoms with van der Waals surface area (Å²) in [6.07, 6.45) is 0.935. The lowest BCUT2D eigenvalue weighted by Gasteiger charge is -2.25. The molecule has 0 bridgehead atoms. The van der Waals surface area contributed by atoms with Gasteiger partial charge >= 0.3 is 0 Å². The number of ether oxygens (including phenoxy) is 1. The van der Waals surface area contributed by atoms with Crippen molar-refractivity contribution in [3.63, 3.8) is 0 Å². The molecule has 82 valence electrons. The van der Waals surface area contributed by atoms with Crippen molar-refractivity contribution in [3.8, 4) is 6.07 Å². The van der Waals surface area contributed by atoms with Crippen molar-refractivity contribution in [2.24, 2.45) is 0 Å². The molecule has 16 heavy (non-hydrogen) atoms. The average Bonchev–Trinajstić information content (AvgIpc) is 2.32. The van der Waals surface area contributed by atoms with Gasteiger partial charge in [-0.05, 0) is 37.5 Å². The second-order valence-corrected chi connectivity index (χ2v) is 4.26. The second kappa shape index (κ2) is 4.51. The molecule has 1 aliphatic rings. The molecule has 2 nitrogen and oxygen atoms in total. The Morgan fingerprint density at radius 2 is 2.00 bits per heavy atom. The lowest BCUT2D eigenvalue weighted by atomic mass is 9.94. The van der Waals surface area contributed by atoms with E-state index in [2.05, 4.69) is 19.9 Å². The Morgan fingerprint density at radius 1 is 1.25 bits per heavy atom. The van der Waals surface area contributed by atoms with Gasteiger partial charge in [-0.2, -0.15) is 5.26 Å². The van der Waals surface area contributed by atoms with E-state index in [0.717, 1.165) is 17.5 Å². The number of hydrogen-bond donors (Lipinski definition) is 0. The van der Waals surface area contributed by atoms with E-state index >= 15 is 0 Å². The fourth-order valence-corrected chi connectivity index (χ4v) is 1.94. The zero-order chi connectivity index (χ0) is 11.5. The summed E-state index contributed by atoms with van der Waals surface area (Å²) in [7, 11) is 0. The Hall–Kier alpha value is -1.59. The molecule has 1 aromatic rings. The summed E-state index contributed by atoms with van der Waals surface area (Å²) in [5, 5.41) is 9.05. The molecular formula is C14H15NO. The molecule has 1 aromatic carbocycles. The molecule has 0 saturated carbocycles. The lowest BCUT2D eigenvalue weighted by Crippen LogP contribution is -2.14. The van der Waals surface area contributed by atoms with Crippen molar-refractivity contribution in [3.05, 3.63) is 46.5 Å². The van der Waals surface area contributed by atoms with Gasteiger partial charge in [-0.15, -0.1) is 0 Å². The first-order chi connectivity index (χ1) is 7.72. The molecule has 0 N–H and O–H groups in total. The molecule has 2 heteroatoms. The number of benzene rings is 1. The highest BCUT2D eigenvalue weighted by atomic mass is 16.5. The fourth-order valence-electron chi connectivity index (χ4n) is 1.94. The number of nitrogens with zero attached hydrogens (tertiary/aromatic N) is 1. The molecule has 1 aliphatic heterocycles. The Bertz CT molecular complexity index is 468. The molecule has 1 unspecified atom stereocenters. The van der Waals surface area contributed by atoms with Crippen LogP contribution in [-0.2, 0) is 4.74 Å². The van der Waals surface area contributed by atoms with Crippen LogP contribution in [0.15, 0.2) is 35.4 Å². The summed E-state index contributed by atoms with van der Waals surface area (Å²) in [6, 6.07) is 9.90. The largest absolute Gasteiger partial charge is 0.369 e. The van der Waals surface area contributed by atoms with Gasteiger partial charge < -0.3 is 4.74 Å². The van der Waals surface area contributed by atoms with Crippen LogP contribution < -0.4 is 0 Å². The average molecular weight is 213 g/mol. The third-order valence-electron chi connectivity index (χ3n) is 3.15. The highest BCUT2D eigenvalue weighted by Gasteiger charge is 2.20. The Kier molecular flexibility index (Phi) is 3.07. The Labute approximate surface area is 96.2 Å². The minimum atomic E-state index is 0.0412. The molecule has 0 aromatic heterocycles. The Morgan fingerprint density at radius 3 is 2.69 bits per heavy atom. The standard InChI is InChI=1S/C14H15NO/c1-10-7-14(16-9-11(10)2)13-6-4-3-5-12(13)8-15/h3-6,14H,7,9H2,1-2H3. The number of nitriles is 1. The van der Waals surface area contributed by atoms with Crippen molar-refractivity contribution in [2.45, 2.75) is 26.4 Å². The molecular weight excluding hydrogens is 198 g/mol. The van der Waals surface area contributed by atoms with Crippen LogP contribution in [-0.4, -0.2) is 6.61 Å². The smallest absolute Gasteiger partial charge is 0.0995 e. The van der Waals surface area contributed by atoms with Crippen LogP contribution in [0.25, 0.3) is 0 Å². The lowest BCUT2D eigenvalue weighted by molar-refractivity contribution is 0.0576. The third kappa shape index (κ3) is 2.00. The predicted octanol–water partition coefficient (Wildman–Crippen LogP) is 3.36. The quantitative estimate of drug-likeness (QED) is 0.670. The SMILES string of the molecule is CC1=C(C)CC(c2ccccc2C#N)OC1. The molecule has 0 saturated heterocycles. The van der Waals surface area contributed by atoms with Crippen LogP contribution in [0.2, 0.25) is 0 Å². The first kappa shape index (κ1) is 10.9. The van der Waals surface area contributed by atoms with Crippen molar-refractivity contribution in [1.29, 1.82) is 5.26 Å². The molecule has 0 fully saturated rings. The van der Waals surface area contributed by atoms with E-state index in [1.54, 1.807) is 0 Å². The normalized spacial score (nSPS) is 20.7. The molecule has 1 atom stereocenters. The zero-order valence-corrected chi connectivity index (χ0v) is 9.66. The summed E-state index contributed by atoms with van der Waals surface area (Å²) in [5.41, 5.74) is 4.42. The van der Waals surface area contributed by atoms with Crippen molar-refractivity contribution >= 4 is 0 Å². The summed E-state index contributed by atoms with van der Waals surface area (Å²) < 4.78 is 5.78. The first-order valence-electron chi connectivity index (χ1n) is 5.48. The van der Waals surface area contributed by atoms with Crippen LogP contribution >= 0.6 is 0 Å². The van der Waals surface area contributed by atoms with Gasteiger partial charge in [0.2, 0.25) is 0 Å². The topological polar surface area (TPSA) is 33.0 Å². The summed E-state index contributed by atoms with van der Waals surface area (Å²) in [5.74, 6) is 0. The van der Waals surface area contributed by atoms with E-state index in [4.69, 9.17) is 10.00 Å². The predicted molar refractivity (Wildman–Crippen MR) is 62.8 cm³/mol. The number of hydrogen-bond acceptors (Lipinski definition) is 2. The van der Waals surface area contributed by atoms with Crippen LogP contribution in [0.4, 0.5) is 0 Å². The highest BCUT2D eigenvalue weighted by molar-refractivity contribution is 5.39. The van der Waals surface area contributed by atoms with Gasteiger partial charge in [0.05, 0.1) is 24.3 Å². The van der Waals surface area contributed by atoms with Gasteiger partial charge in [0, 0.05) is 0 Å². The molecule has 0 aliphatic carbocycles. The summed E-state index contributed by atoms with van der Waals surface area (Å²) >= 11 is 0. The van der Waals surface area contributed by atoms with Crippen LogP contribution in [0.1, 0.15) is 37.5 Å². The third-order valence-corrected chi connectivity index (χ3v) is 3.15. The van der Waals surface area contributed by atoms with Gasteiger partial charge in [0.15, 0.2) is 0 Å². The fraction of sp³-hybridized carbons (Fsp3) is 0.357. The monoisotopic (exact) mass is 213 g/mol. The van der Waals surface area contributed by atoms with Gasteiger partial charge in [-0.1, -0.05) is 23.8 Å². The minimum absolute atomic E-state index is 0.0412. The van der Waals surface area contributed by atoms with Gasteiger partial charge in [0.25, 0.3) is 0 Å². The Balaban J connectivity index is 2.30. The van der Waals surface area contributed by atoms with Crippen LogP contribution in [0, 0.1) is 11.3 Å². The van der Waals surface area contributed by atoms with Crippen molar-refractivity contribution < 1.29 is 4.74 Å². The highest BCUT2D eigenvalue weighted by Crippen LogP contribution is 2.32. The van der Waals surface area contributed by atoms with E-state index in [9.17, 15) is 0 Å².